The van der Waals surface area contributed by atoms with E-state index in [1.165, 1.54) is 25.5 Å². The van der Waals surface area contributed by atoms with Gasteiger partial charge in [0, 0.05) is 0 Å². The van der Waals surface area contributed by atoms with Crippen LogP contribution in [0.4, 0.5) is 0 Å². The van der Waals surface area contributed by atoms with E-state index in [2.05, 4.69) is 4.72 Å². The molecule has 0 aliphatic heterocycles. The van der Waals surface area contributed by atoms with Gasteiger partial charge < -0.3 is 9.15 Å². The summed E-state index contributed by atoms with van der Waals surface area (Å²) in [5, 5.41) is 0.267. The molecule has 1 aromatic carbocycles. The molecule has 1 heterocycles. The lowest BCUT2D eigenvalue weighted by Crippen LogP contribution is -2.23. The highest BCUT2D eigenvalue weighted by Crippen LogP contribution is 2.37. The number of nitrogens with one attached hydrogen (secondary N) is 1. The first-order chi connectivity index (χ1) is 9.45. The predicted octanol–water partition coefficient (Wildman–Crippen LogP) is 3.07. The molecule has 2 rings (SSSR count). The first-order valence-corrected chi connectivity index (χ1v) is 7.73. The molecule has 8 heteroatoms. The van der Waals surface area contributed by atoms with Crippen LogP contribution in [0.2, 0.25) is 10.0 Å². The van der Waals surface area contributed by atoms with Crippen LogP contribution in [0.15, 0.2) is 39.8 Å². The predicted molar refractivity (Wildman–Crippen MR) is 75.7 cm³/mol. The second-order valence-corrected chi connectivity index (χ2v) is 6.32. The maximum atomic E-state index is 12.2. The number of hydrogen-bond acceptors (Lipinski definition) is 4. The smallest absolute Gasteiger partial charge is 0.244 e. The summed E-state index contributed by atoms with van der Waals surface area (Å²) in [5.41, 5.74) is 0. The third-order valence-electron chi connectivity index (χ3n) is 2.52. The average molecular weight is 336 g/mol. The van der Waals surface area contributed by atoms with Gasteiger partial charge in [0.15, 0.2) is 5.75 Å². The third-order valence-corrected chi connectivity index (χ3v) is 4.74. The molecular weight excluding hydrogens is 325 g/mol. The lowest BCUT2D eigenvalue weighted by Gasteiger charge is -2.12. The van der Waals surface area contributed by atoms with Crippen LogP contribution in [0, 0.1) is 0 Å². The van der Waals surface area contributed by atoms with Crippen molar-refractivity contribution >= 4 is 33.2 Å². The number of ether oxygens (including phenoxy) is 1. The van der Waals surface area contributed by atoms with E-state index < -0.39 is 10.0 Å². The zero-order chi connectivity index (χ0) is 14.8. The molecule has 0 saturated carbocycles. The van der Waals surface area contributed by atoms with Crippen molar-refractivity contribution in [3.63, 3.8) is 0 Å². The van der Waals surface area contributed by atoms with E-state index >= 15 is 0 Å². The van der Waals surface area contributed by atoms with Crippen LogP contribution in [0.1, 0.15) is 5.76 Å². The molecule has 0 unspecified atom stereocenters. The number of benzene rings is 1. The van der Waals surface area contributed by atoms with E-state index in [1.807, 2.05) is 0 Å². The van der Waals surface area contributed by atoms with E-state index in [1.54, 1.807) is 12.1 Å². The van der Waals surface area contributed by atoms with E-state index in [9.17, 15) is 8.42 Å². The number of rotatable bonds is 5. The number of furan rings is 1. The Bertz CT molecular complexity index is 698. The molecule has 20 heavy (non-hydrogen) atoms. The first-order valence-electron chi connectivity index (χ1n) is 5.49. The largest absolute Gasteiger partial charge is 0.494 e. The van der Waals surface area contributed by atoms with Crippen molar-refractivity contribution in [2.24, 2.45) is 0 Å². The fourth-order valence-corrected chi connectivity index (χ4v) is 3.18. The van der Waals surface area contributed by atoms with Gasteiger partial charge in [-0.2, -0.15) is 0 Å². The Balaban J connectivity index is 2.32. The SMILES string of the molecule is COc1c(S(=O)(=O)NCc2ccco2)ccc(Cl)c1Cl. The van der Waals surface area contributed by atoms with Crippen LogP contribution in [0.25, 0.3) is 0 Å². The Morgan fingerprint density at radius 3 is 2.65 bits per heavy atom. The highest BCUT2D eigenvalue weighted by atomic mass is 35.5. The normalized spacial score (nSPS) is 11.6. The molecule has 0 bridgehead atoms. The zero-order valence-corrected chi connectivity index (χ0v) is 12.7. The molecule has 0 fully saturated rings. The van der Waals surface area contributed by atoms with E-state index in [0.29, 0.717) is 5.76 Å². The quantitative estimate of drug-likeness (QED) is 0.911. The highest BCUT2D eigenvalue weighted by molar-refractivity contribution is 7.89. The molecule has 1 aromatic heterocycles. The van der Waals surface area contributed by atoms with Gasteiger partial charge in [-0.15, -0.1) is 0 Å². The molecule has 0 amide bonds. The Morgan fingerprint density at radius 2 is 2.05 bits per heavy atom. The van der Waals surface area contributed by atoms with Gasteiger partial charge >= 0.3 is 0 Å². The Labute approximate surface area is 126 Å². The molecule has 0 aliphatic carbocycles. The van der Waals surface area contributed by atoms with Gasteiger partial charge in [0.25, 0.3) is 0 Å². The van der Waals surface area contributed by atoms with Crippen LogP contribution in [0.5, 0.6) is 5.75 Å². The number of methoxy groups -OCH3 is 1. The maximum Gasteiger partial charge on any atom is 0.244 e. The summed E-state index contributed by atoms with van der Waals surface area (Å²) in [4.78, 5) is -0.0824. The van der Waals surface area contributed by atoms with Crippen molar-refractivity contribution in [2.75, 3.05) is 7.11 Å². The summed E-state index contributed by atoms with van der Waals surface area (Å²) in [5.74, 6) is 0.499. The summed E-state index contributed by atoms with van der Waals surface area (Å²) in [6.45, 7) is 0.0265. The summed E-state index contributed by atoms with van der Waals surface area (Å²) in [6.07, 6.45) is 1.46. The topological polar surface area (TPSA) is 68.5 Å². The minimum absolute atomic E-state index is 0.00566. The Hall–Kier alpha value is -1.21. The zero-order valence-electron chi connectivity index (χ0n) is 10.4. The van der Waals surface area contributed by atoms with Crippen LogP contribution in [0.3, 0.4) is 0 Å². The van der Waals surface area contributed by atoms with Crippen LogP contribution >= 0.6 is 23.2 Å². The molecule has 0 atom stereocenters. The van der Waals surface area contributed by atoms with Crippen LogP contribution in [-0.2, 0) is 16.6 Å². The van der Waals surface area contributed by atoms with E-state index in [-0.39, 0.29) is 27.2 Å². The van der Waals surface area contributed by atoms with Crippen molar-refractivity contribution in [1.82, 2.24) is 4.72 Å². The summed E-state index contributed by atoms with van der Waals surface area (Å²) >= 11 is 11.8. The minimum Gasteiger partial charge on any atom is -0.494 e. The van der Waals surface area contributed by atoms with Crippen molar-refractivity contribution in [3.8, 4) is 5.75 Å². The van der Waals surface area contributed by atoms with Gasteiger partial charge in [-0.05, 0) is 24.3 Å². The van der Waals surface area contributed by atoms with Gasteiger partial charge in [0.05, 0.1) is 24.9 Å². The summed E-state index contributed by atoms with van der Waals surface area (Å²) in [7, 11) is -2.47. The van der Waals surface area contributed by atoms with Crippen molar-refractivity contribution < 1.29 is 17.6 Å². The molecular formula is C12H11Cl2NO4S. The fraction of sp³-hybridized carbons (Fsp3) is 0.167. The summed E-state index contributed by atoms with van der Waals surface area (Å²) < 4.78 is 36.9. The monoisotopic (exact) mass is 335 g/mol. The lowest BCUT2D eigenvalue weighted by atomic mass is 10.3. The van der Waals surface area contributed by atoms with Gasteiger partial charge in [0.2, 0.25) is 10.0 Å². The molecule has 0 aliphatic rings. The molecule has 2 aromatic rings. The van der Waals surface area contributed by atoms with Gasteiger partial charge in [-0.1, -0.05) is 23.2 Å². The highest BCUT2D eigenvalue weighted by Gasteiger charge is 2.23. The molecule has 1 N–H and O–H groups in total. The van der Waals surface area contributed by atoms with Gasteiger partial charge in [-0.25, -0.2) is 13.1 Å². The molecule has 5 nitrogen and oxygen atoms in total. The van der Waals surface area contributed by atoms with Gasteiger partial charge in [0.1, 0.15) is 15.7 Å². The Morgan fingerprint density at radius 1 is 1.30 bits per heavy atom. The molecule has 108 valence electrons. The number of hydrogen-bond donors (Lipinski definition) is 1. The maximum absolute atomic E-state index is 12.2. The molecule has 0 saturated heterocycles. The average Bonchev–Trinajstić information content (AvgIpc) is 2.92. The molecule has 0 radical (unpaired) electrons. The molecule has 0 spiro atoms. The standard InChI is InChI=1S/C12H11Cl2NO4S/c1-18-12-10(5-4-9(13)11(12)14)20(16,17)15-7-8-3-2-6-19-8/h2-6,15H,7H2,1H3. The first kappa shape index (κ1) is 15.2. The van der Waals surface area contributed by atoms with E-state index in [0.717, 1.165) is 0 Å². The van der Waals surface area contributed by atoms with Crippen LogP contribution < -0.4 is 9.46 Å². The van der Waals surface area contributed by atoms with E-state index in [4.69, 9.17) is 32.4 Å². The van der Waals surface area contributed by atoms with Gasteiger partial charge in [-0.3, -0.25) is 0 Å². The third kappa shape index (κ3) is 3.09. The minimum atomic E-state index is -3.80. The van der Waals surface area contributed by atoms with Crippen molar-refractivity contribution in [2.45, 2.75) is 11.4 Å². The Kier molecular flexibility index (Phi) is 4.59. The lowest BCUT2D eigenvalue weighted by molar-refractivity contribution is 0.402. The fourth-order valence-electron chi connectivity index (χ4n) is 1.57. The van der Waals surface area contributed by atoms with Crippen molar-refractivity contribution in [1.29, 1.82) is 0 Å². The van der Waals surface area contributed by atoms with Crippen molar-refractivity contribution in [3.05, 3.63) is 46.3 Å². The number of halogens is 2. The second kappa shape index (κ2) is 6.05. The summed E-state index contributed by atoms with van der Waals surface area (Å²) in [6, 6.07) is 6.06. The number of sulfonamides is 1. The van der Waals surface area contributed by atoms with Crippen LogP contribution in [-0.4, -0.2) is 15.5 Å². The second-order valence-electron chi connectivity index (χ2n) is 3.80.